The molecule has 0 spiro atoms. The lowest BCUT2D eigenvalue weighted by molar-refractivity contribution is 0.0790. The molecule has 0 saturated carbocycles. The Labute approximate surface area is 143 Å². The van der Waals surface area contributed by atoms with Crippen molar-refractivity contribution in [1.82, 2.24) is 14.9 Å². The van der Waals surface area contributed by atoms with Crippen LogP contribution in [0.4, 0.5) is 5.69 Å². The molecule has 2 aromatic rings. The van der Waals surface area contributed by atoms with Crippen molar-refractivity contribution in [3.8, 4) is 0 Å². The molecule has 3 rings (SSSR count). The van der Waals surface area contributed by atoms with Gasteiger partial charge in [-0.25, -0.2) is 0 Å². The van der Waals surface area contributed by atoms with Gasteiger partial charge in [0.2, 0.25) is 0 Å². The number of aromatic nitrogens is 2. The average Bonchev–Trinajstić information content (AvgIpc) is 3.04. The van der Waals surface area contributed by atoms with Crippen molar-refractivity contribution in [2.45, 2.75) is 26.2 Å². The lowest BCUT2D eigenvalue weighted by Crippen LogP contribution is -2.28. The number of carbonyl (C=O) groups is 1. The van der Waals surface area contributed by atoms with Gasteiger partial charge in [0.1, 0.15) is 0 Å². The van der Waals surface area contributed by atoms with Gasteiger partial charge in [0.05, 0.1) is 5.56 Å². The van der Waals surface area contributed by atoms with Crippen LogP contribution in [0.2, 0.25) is 0 Å². The Hall–Kier alpha value is -2.43. The van der Waals surface area contributed by atoms with Gasteiger partial charge in [0, 0.05) is 62.1 Å². The van der Waals surface area contributed by atoms with E-state index in [4.69, 9.17) is 4.98 Å². The Bertz CT molecular complexity index is 740. The fraction of sp³-hybridized carbons (Fsp3) is 0.421. The molecule has 0 unspecified atom stereocenters. The zero-order valence-corrected chi connectivity index (χ0v) is 14.8. The molecule has 0 aromatic carbocycles. The van der Waals surface area contributed by atoms with Gasteiger partial charge in [0.15, 0.2) is 0 Å². The maximum Gasteiger partial charge on any atom is 0.255 e. The van der Waals surface area contributed by atoms with E-state index in [0.29, 0.717) is 11.5 Å². The predicted octanol–water partition coefficient (Wildman–Crippen LogP) is 2.79. The van der Waals surface area contributed by atoms with Crippen molar-refractivity contribution in [3.05, 3.63) is 53.1 Å². The minimum Gasteiger partial charge on any atom is -0.378 e. The number of amides is 1. The molecule has 1 aliphatic rings. The highest BCUT2D eigenvalue weighted by molar-refractivity contribution is 5.94. The largest absolute Gasteiger partial charge is 0.378 e. The van der Waals surface area contributed by atoms with Crippen LogP contribution < -0.4 is 4.90 Å². The summed E-state index contributed by atoms with van der Waals surface area (Å²) in [6.45, 7) is 5.43. The molecule has 0 aliphatic carbocycles. The SMILES string of the molecule is Cc1ccc(C(=O)N2CC[C@H](c3cc(N(C)C)cc(C)n3)C2)cn1. The number of pyridine rings is 2. The quantitative estimate of drug-likeness (QED) is 0.871. The molecule has 5 heteroatoms. The molecule has 0 radical (unpaired) electrons. The summed E-state index contributed by atoms with van der Waals surface area (Å²) in [5.41, 5.74) is 4.84. The number of nitrogens with zero attached hydrogens (tertiary/aromatic N) is 4. The van der Waals surface area contributed by atoms with Gasteiger partial charge in [-0.05, 0) is 44.5 Å². The number of likely N-dealkylation sites (tertiary alicyclic amines) is 1. The highest BCUT2D eigenvalue weighted by Gasteiger charge is 2.29. The van der Waals surface area contributed by atoms with E-state index in [-0.39, 0.29) is 5.91 Å². The van der Waals surface area contributed by atoms with Crippen LogP contribution in [0, 0.1) is 13.8 Å². The van der Waals surface area contributed by atoms with Crippen molar-refractivity contribution in [3.63, 3.8) is 0 Å². The number of rotatable bonds is 3. The van der Waals surface area contributed by atoms with E-state index >= 15 is 0 Å². The Morgan fingerprint density at radius 1 is 1.21 bits per heavy atom. The molecule has 5 nitrogen and oxygen atoms in total. The third kappa shape index (κ3) is 3.40. The van der Waals surface area contributed by atoms with Crippen LogP contribution in [-0.2, 0) is 0 Å². The Morgan fingerprint density at radius 3 is 2.67 bits per heavy atom. The molecule has 126 valence electrons. The summed E-state index contributed by atoms with van der Waals surface area (Å²) in [5.74, 6) is 0.358. The van der Waals surface area contributed by atoms with Crippen molar-refractivity contribution in [1.29, 1.82) is 0 Å². The molecule has 24 heavy (non-hydrogen) atoms. The van der Waals surface area contributed by atoms with E-state index in [1.165, 1.54) is 0 Å². The van der Waals surface area contributed by atoms with Gasteiger partial charge in [0.25, 0.3) is 5.91 Å². The molecule has 1 amide bonds. The van der Waals surface area contributed by atoms with Gasteiger partial charge in [-0.3, -0.25) is 14.8 Å². The van der Waals surface area contributed by atoms with E-state index in [1.54, 1.807) is 6.20 Å². The first-order valence-electron chi connectivity index (χ1n) is 8.32. The minimum absolute atomic E-state index is 0.0606. The molecule has 1 fully saturated rings. The van der Waals surface area contributed by atoms with Crippen LogP contribution in [-0.4, -0.2) is 48.0 Å². The highest BCUT2D eigenvalue weighted by Crippen LogP contribution is 2.29. The average molecular weight is 324 g/mol. The van der Waals surface area contributed by atoms with Crippen LogP contribution in [0.3, 0.4) is 0 Å². The number of hydrogen-bond donors (Lipinski definition) is 0. The summed E-state index contributed by atoms with van der Waals surface area (Å²) >= 11 is 0. The fourth-order valence-electron chi connectivity index (χ4n) is 3.11. The molecule has 1 atom stereocenters. The van der Waals surface area contributed by atoms with E-state index in [1.807, 2.05) is 45.0 Å². The zero-order valence-electron chi connectivity index (χ0n) is 14.8. The maximum absolute atomic E-state index is 12.6. The number of hydrogen-bond acceptors (Lipinski definition) is 4. The summed E-state index contributed by atoms with van der Waals surface area (Å²) < 4.78 is 0. The Morgan fingerprint density at radius 2 is 2.00 bits per heavy atom. The molecule has 0 bridgehead atoms. The first-order valence-corrected chi connectivity index (χ1v) is 8.32. The van der Waals surface area contributed by atoms with Crippen LogP contribution in [0.15, 0.2) is 30.5 Å². The summed E-state index contributed by atoms with van der Waals surface area (Å²) in [6, 6.07) is 7.96. The van der Waals surface area contributed by atoms with Gasteiger partial charge >= 0.3 is 0 Å². The first kappa shape index (κ1) is 16.4. The minimum atomic E-state index is 0.0606. The second-order valence-electron chi connectivity index (χ2n) is 6.71. The van der Waals surface area contributed by atoms with Crippen LogP contribution >= 0.6 is 0 Å². The predicted molar refractivity (Wildman–Crippen MR) is 95.5 cm³/mol. The van der Waals surface area contributed by atoms with Gasteiger partial charge in [-0.15, -0.1) is 0 Å². The third-order valence-corrected chi connectivity index (χ3v) is 4.53. The van der Waals surface area contributed by atoms with E-state index < -0.39 is 0 Å². The lowest BCUT2D eigenvalue weighted by Gasteiger charge is -2.18. The second-order valence-corrected chi connectivity index (χ2v) is 6.71. The molecule has 3 heterocycles. The van der Waals surface area contributed by atoms with E-state index in [2.05, 4.69) is 22.0 Å². The third-order valence-electron chi connectivity index (χ3n) is 4.53. The van der Waals surface area contributed by atoms with Crippen molar-refractivity contribution < 1.29 is 4.79 Å². The van der Waals surface area contributed by atoms with E-state index in [0.717, 1.165) is 42.3 Å². The molecular weight excluding hydrogens is 300 g/mol. The summed E-state index contributed by atoms with van der Waals surface area (Å²) in [6.07, 6.45) is 2.62. The van der Waals surface area contributed by atoms with Crippen molar-refractivity contribution >= 4 is 11.6 Å². The lowest BCUT2D eigenvalue weighted by atomic mass is 10.0. The molecular formula is C19H24N4O. The van der Waals surface area contributed by atoms with Gasteiger partial charge in [-0.1, -0.05) is 0 Å². The maximum atomic E-state index is 12.6. The van der Waals surface area contributed by atoms with Crippen molar-refractivity contribution in [2.24, 2.45) is 0 Å². The fourth-order valence-corrected chi connectivity index (χ4v) is 3.11. The van der Waals surface area contributed by atoms with Crippen molar-refractivity contribution in [2.75, 3.05) is 32.1 Å². The topological polar surface area (TPSA) is 49.3 Å². The molecule has 2 aromatic heterocycles. The number of carbonyl (C=O) groups excluding carboxylic acids is 1. The molecule has 1 aliphatic heterocycles. The smallest absolute Gasteiger partial charge is 0.255 e. The monoisotopic (exact) mass is 324 g/mol. The number of aryl methyl sites for hydroxylation is 2. The summed E-state index contributed by atoms with van der Waals surface area (Å²) in [5, 5.41) is 0. The van der Waals surface area contributed by atoms with Gasteiger partial charge < -0.3 is 9.80 Å². The standard InChI is InChI=1S/C19H24N4O/c1-13-5-6-15(11-20-13)19(24)23-8-7-16(12-23)18-10-17(22(3)4)9-14(2)21-18/h5-6,9-11,16H,7-8,12H2,1-4H3/t16-/m0/s1. The summed E-state index contributed by atoms with van der Waals surface area (Å²) in [7, 11) is 4.07. The molecule has 0 N–H and O–H groups in total. The first-order chi connectivity index (χ1) is 11.4. The molecule has 1 saturated heterocycles. The van der Waals surface area contributed by atoms with Gasteiger partial charge in [-0.2, -0.15) is 0 Å². The Balaban J connectivity index is 1.75. The summed E-state index contributed by atoms with van der Waals surface area (Å²) in [4.78, 5) is 25.6. The Kier molecular flexibility index (Phi) is 4.51. The zero-order chi connectivity index (χ0) is 17.3. The van der Waals surface area contributed by atoms with Crippen LogP contribution in [0.25, 0.3) is 0 Å². The highest BCUT2D eigenvalue weighted by atomic mass is 16.2. The van der Waals surface area contributed by atoms with Crippen LogP contribution in [0.5, 0.6) is 0 Å². The number of anilines is 1. The normalized spacial score (nSPS) is 17.2. The van der Waals surface area contributed by atoms with Crippen LogP contribution in [0.1, 0.15) is 39.8 Å². The van der Waals surface area contributed by atoms with E-state index in [9.17, 15) is 4.79 Å². The second kappa shape index (κ2) is 6.59.